The quantitative estimate of drug-likeness (QED) is 0.734. The van der Waals surface area contributed by atoms with Crippen LogP contribution in [0.2, 0.25) is 0 Å². The van der Waals surface area contributed by atoms with E-state index in [4.69, 9.17) is 14.2 Å². The first kappa shape index (κ1) is 16.1. The SMILES string of the molecule is CCCCN(C)C(=O)COc1cccc(OC)c1OC. The molecule has 0 aromatic heterocycles. The number of ether oxygens (including phenoxy) is 3. The monoisotopic (exact) mass is 281 g/mol. The molecule has 112 valence electrons. The zero-order chi connectivity index (χ0) is 15.0. The number of likely N-dealkylation sites (N-methyl/N-ethyl adjacent to an activating group) is 1. The number of hydrogen-bond donors (Lipinski definition) is 0. The molecule has 5 heteroatoms. The van der Waals surface area contributed by atoms with Crippen LogP contribution in [0.3, 0.4) is 0 Å². The third-order valence-electron chi connectivity index (χ3n) is 2.99. The van der Waals surface area contributed by atoms with Crippen molar-refractivity contribution in [3.63, 3.8) is 0 Å². The molecule has 0 bridgehead atoms. The highest BCUT2D eigenvalue weighted by atomic mass is 16.5. The van der Waals surface area contributed by atoms with E-state index in [0.717, 1.165) is 19.4 Å². The van der Waals surface area contributed by atoms with E-state index >= 15 is 0 Å². The molecule has 0 fully saturated rings. The van der Waals surface area contributed by atoms with Gasteiger partial charge in [0.05, 0.1) is 14.2 Å². The first-order chi connectivity index (χ1) is 9.63. The number of amides is 1. The third kappa shape index (κ3) is 4.33. The van der Waals surface area contributed by atoms with Gasteiger partial charge in [0.1, 0.15) is 0 Å². The molecule has 1 amide bonds. The Kier molecular flexibility index (Phi) is 6.70. The van der Waals surface area contributed by atoms with Gasteiger partial charge < -0.3 is 19.1 Å². The Morgan fingerprint density at radius 2 is 1.90 bits per heavy atom. The van der Waals surface area contributed by atoms with Gasteiger partial charge in [0, 0.05) is 13.6 Å². The number of carbonyl (C=O) groups excluding carboxylic acids is 1. The lowest BCUT2D eigenvalue weighted by Crippen LogP contribution is -2.32. The van der Waals surface area contributed by atoms with Crippen molar-refractivity contribution in [3.8, 4) is 17.2 Å². The largest absolute Gasteiger partial charge is 0.493 e. The van der Waals surface area contributed by atoms with E-state index in [9.17, 15) is 4.79 Å². The van der Waals surface area contributed by atoms with Gasteiger partial charge in [-0.3, -0.25) is 4.79 Å². The molecule has 0 unspecified atom stereocenters. The molecule has 1 aromatic rings. The Bertz CT molecular complexity index is 434. The lowest BCUT2D eigenvalue weighted by molar-refractivity contribution is -0.132. The van der Waals surface area contributed by atoms with Crippen LogP contribution >= 0.6 is 0 Å². The topological polar surface area (TPSA) is 48.0 Å². The molecular weight excluding hydrogens is 258 g/mol. The fraction of sp³-hybridized carbons (Fsp3) is 0.533. The molecule has 0 N–H and O–H groups in total. The van der Waals surface area contributed by atoms with Crippen LogP contribution in [-0.2, 0) is 4.79 Å². The van der Waals surface area contributed by atoms with E-state index in [0.29, 0.717) is 17.2 Å². The summed E-state index contributed by atoms with van der Waals surface area (Å²) in [6.07, 6.45) is 2.05. The Morgan fingerprint density at radius 1 is 1.20 bits per heavy atom. The molecule has 0 heterocycles. The summed E-state index contributed by atoms with van der Waals surface area (Å²) in [4.78, 5) is 13.6. The van der Waals surface area contributed by atoms with Crippen molar-refractivity contribution in [2.24, 2.45) is 0 Å². The van der Waals surface area contributed by atoms with Gasteiger partial charge >= 0.3 is 0 Å². The number of benzene rings is 1. The van der Waals surface area contributed by atoms with Gasteiger partial charge in [0.15, 0.2) is 18.1 Å². The maximum atomic E-state index is 11.9. The number of nitrogens with zero attached hydrogens (tertiary/aromatic N) is 1. The van der Waals surface area contributed by atoms with Crippen LogP contribution in [0.15, 0.2) is 18.2 Å². The van der Waals surface area contributed by atoms with Crippen molar-refractivity contribution in [1.82, 2.24) is 4.90 Å². The van der Waals surface area contributed by atoms with Gasteiger partial charge in [0.2, 0.25) is 5.75 Å². The summed E-state index contributed by atoms with van der Waals surface area (Å²) >= 11 is 0. The molecule has 0 radical (unpaired) electrons. The van der Waals surface area contributed by atoms with Crippen LogP contribution in [0, 0.1) is 0 Å². The minimum absolute atomic E-state index is 0.0102. The van der Waals surface area contributed by atoms with Crippen molar-refractivity contribution in [1.29, 1.82) is 0 Å². The molecule has 0 atom stereocenters. The summed E-state index contributed by atoms with van der Waals surface area (Å²) in [5, 5.41) is 0. The zero-order valence-electron chi connectivity index (χ0n) is 12.6. The van der Waals surface area contributed by atoms with Gasteiger partial charge in [0.25, 0.3) is 5.91 Å². The van der Waals surface area contributed by atoms with Crippen LogP contribution in [0.1, 0.15) is 19.8 Å². The Morgan fingerprint density at radius 3 is 2.50 bits per heavy atom. The van der Waals surface area contributed by atoms with Crippen LogP contribution in [0.25, 0.3) is 0 Å². The van der Waals surface area contributed by atoms with Gasteiger partial charge in [-0.05, 0) is 18.6 Å². The average Bonchev–Trinajstić information content (AvgIpc) is 2.49. The van der Waals surface area contributed by atoms with E-state index in [1.807, 2.05) is 0 Å². The van der Waals surface area contributed by atoms with E-state index < -0.39 is 0 Å². The van der Waals surface area contributed by atoms with Crippen LogP contribution < -0.4 is 14.2 Å². The summed E-state index contributed by atoms with van der Waals surface area (Å²) in [7, 11) is 4.88. The smallest absolute Gasteiger partial charge is 0.260 e. The van der Waals surface area contributed by atoms with Gasteiger partial charge in [-0.15, -0.1) is 0 Å². The van der Waals surface area contributed by atoms with Crippen molar-refractivity contribution in [2.75, 3.05) is 34.4 Å². The molecule has 0 saturated heterocycles. The van der Waals surface area contributed by atoms with Crippen LogP contribution in [0.4, 0.5) is 0 Å². The fourth-order valence-electron chi connectivity index (χ4n) is 1.74. The zero-order valence-corrected chi connectivity index (χ0v) is 12.6. The molecule has 1 rings (SSSR count). The lowest BCUT2D eigenvalue weighted by atomic mass is 10.3. The minimum atomic E-state index is -0.0525. The number of rotatable bonds is 8. The number of para-hydroxylation sites is 1. The third-order valence-corrected chi connectivity index (χ3v) is 2.99. The highest BCUT2D eigenvalue weighted by molar-refractivity contribution is 5.77. The Labute approximate surface area is 120 Å². The summed E-state index contributed by atoms with van der Waals surface area (Å²) in [6, 6.07) is 5.32. The molecule has 0 aliphatic heterocycles. The lowest BCUT2D eigenvalue weighted by Gasteiger charge is -2.18. The van der Waals surface area contributed by atoms with E-state index in [2.05, 4.69) is 6.92 Å². The van der Waals surface area contributed by atoms with Gasteiger partial charge in [-0.25, -0.2) is 0 Å². The predicted molar refractivity (Wildman–Crippen MR) is 77.6 cm³/mol. The second-order valence-corrected chi connectivity index (χ2v) is 4.45. The predicted octanol–water partition coefficient (Wildman–Crippen LogP) is 2.34. The number of unbranched alkanes of at least 4 members (excludes halogenated alkanes) is 1. The van der Waals surface area contributed by atoms with E-state index in [1.54, 1.807) is 44.4 Å². The number of methoxy groups -OCH3 is 2. The van der Waals surface area contributed by atoms with Crippen molar-refractivity contribution in [3.05, 3.63) is 18.2 Å². The molecule has 0 spiro atoms. The Balaban J connectivity index is 2.63. The minimum Gasteiger partial charge on any atom is -0.493 e. The highest BCUT2D eigenvalue weighted by Crippen LogP contribution is 2.36. The fourth-order valence-corrected chi connectivity index (χ4v) is 1.74. The molecule has 0 aliphatic rings. The summed E-state index contributed by atoms with van der Waals surface area (Å²) < 4.78 is 16.0. The van der Waals surface area contributed by atoms with E-state index in [1.165, 1.54) is 0 Å². The molecule has 5 nitrogen and oxygen atoms in total. The molecular formula is C15H23NO4. The average molecular weight is 281 g/mol. The first-order valence-corrected chi connectivity index (χ1v) is 6.71. The van der Waals surface area contributed by atoms with E-state index in [-0.39, 0.29) is 12.5 Å². The molecule has 1 aromatic carbocycles. The number of carbonyl (C=O) groups is 1. The molecule has 0 saturated carbocycles. The van der Waals surface area contributed by atoms with Gasteiger partial charge in [-0.1, -0.05) is 19.4 Å². The maximum Gasteiger partial charge on any atom is 0.260 e. The summed E-state index contributed by atoms with van der Waals surface area (Å²) in [5.41, 5.74) is 0. The summed E-state index contributed by atoms with van der Waals surface area (Å²) in [6.45, 7) is 2.83. The number of hydrogen-bond acceptors (Lipinski definition) is 4. The Hall–Kier alpha value is -1.91. The van der Waals surface area contributed by atoms with Crippen molar-refractivity contribution in [2.45, 2.75) is 19.8 Å². The second kappa shape index (κ2) is 8.30. The first-order valence-electron chi connectivity index (χ1n) is 6.71. The highest BCUT2D eigenvalue weighted by Gasteiger charge is 2.14. The van der Waals surface area contributed by atoms with Crippen LogP contribution in [0.5, 0.6) is 17.2 Å². The van der Waals surface area contributed by atoms with Crippen molar-refractivity contribution < 1.29 is 19.0 Å². The second-order valence-electron chi connectivity index (χ2n) is 4.45. The molecule has 0 aliphatic carbocycles. The maximum absolute atomic E-state index is 11.9. The van der Waals surface area contributed by atoms with Crippen molar-refractivity contribution >= 4 is 5.91 Å². The molecule has 20 heavy (non-hydrogen) atoms. The van der Waals surface area contributed by atoms with Crippen LogP contribution in [-0.4, -0.2) is 45.2 Å². The standard InChI is InChI=1S/C15H23NO4/c1-5-6-10-16(2)14(17)11-20-13-9-7-8-12(18-3)15(13)19-4/h7-9H,5-6,10-11H2,1-4H3. The van der Waals surface area contributed by atoms with Gasteiger partial charge in [-0.2, -0.15) is 0 Å². The normalized spacial score (nSPS) is 10.0. The summed E-state index contributed by atoms with van der Waals surface area (Å²) in [5.74, 6) is 1.53.